The SMILES string of the molecule is CCC1CCc2c(ccc(N=Nc3nncs3)c2NS(=O)(=O)C(F)(F)F)N1C(C)C. The van der Waals surface area contributed by atoms with Gasteiger partial charge in [0.2, 0.25) is 0 Å². The summed E-state index contributed by atoms with van der Waals surface area (Å²) in [5.41, 5.74) is -3.09. The van der Waals surface area contributed by atoms with Crippen LogP contribution in [0.2, 0.25) is 0 Å². The number of nitrogens with one attached hydrogen (secondary N) is 1. The Morgan fingerprint density at radius 3 is 2.63 bits per heavy atom. The molecule has 1 aromatic carbocycles. The summed E-state index contributed by atoms with van der Waals surface area (Å²) in [6, 6.07) is 3.50. The van der Waals surface area contributed by atoms with Crippen molar-refractivity contribution >= 4 is 43.6 Å². The maximum atomic E-state index is 13.1. The second-order valence-corrected chi connectivity index (χ2v) is 9.52. The summed E-state index contributed by atoms with van der Waals surface area (Å²) in [7, 11) is -5.63. The fourth-order valence-corrected chi connectivity index (χ4v) is 4.55. The highest BCUT2D eigenvalue weighted by atomic mass is 32.2. The highest BCUT2D eigenvalue weighted by Crippen LogP contribution is 2.44. The number of alkyl halides is 3. The molecule has 1 atom stereocenters. The molecule has 0 fully saturated rings. The van der Waals surface area contributed by atoms with Crippen molar-refractivity contribution in [3.8, 4) is 0 Å². The molecule has 0 spiro atoms. The van der Waals surface area contributed by atoms with Gasteiger partial charge in [0.15, 0.2) is 0 Å². The molecule has 0 saturated heterocycles. The average Bonchev–Trinajstić information content (AvgIpc) is 3.18. The largest absolute Gasteiger partial charge is 0.516 e. The van der Waals surface area contributed by atoms with Crippen molar-refractivity contribution in [2.45, 2.75) is 57.6 Å². The van der Waals surface area contributed by atoms with Crippen LogP contribution in [0.1, 0.15) is 39.2 Å². The van der Waals surface area contributed by atoms with E-state index >= 15 is 0 Å². The van der Waals surface area contributed by atoms with Crippen LogP contribution >= 0.6 is 11.3 Å². The van der Waals surface area contributed by atoms with Gasteiger partial charge in [-0.05, 0) is 45.2 Å². The smallest absolute Gasteiger partial charge is 0.366 e. The van der Waals surface area contributed by atoms with Crippen LogP contribution in [0.15, 0.2) is 27.9 Å². The van der Waals surface area contributed by atoms with Crippen LogP contribution in [0, 0.1) is 0 Å². The Labute approximate surface area is 176 Å². The topological polar surface area (TPSA) is 99.9 Å². The van der Waals surface area contributed by atoms with E-state index in [4.69, 9.17) is 0 Å². The van der Waals surface area contributed by atoms with E-state index in [0.29, 0.717) is 24.1 Å². The number of benzene rings is 1. The summed E-state index contributed by atoms with van der Waals surface area (Å²) in [6.45, 7) is 6.02. The first-order chi connectivity index (χ1) is 14.0. The van der Waals surface area contributed by atoms with Gasteiger partial charge in [0, 0.05) is 23.3 Å². The van der Waals surface area contributed by atoms with Crippen LogP contribution in [0.4, 0.5) is 35.4 Å². The Morgan fingerprint density at radius 1 is 1.33 bits per heavy atom. The molecule has 3 rings (SSSR count). The molecule has 0 amide bonds. The Bertz CT molecular complexity index is 1020. The molecule has 1 aromatic heterocycles. The molecule has 0 saturated carbocycles. The number of aromatic nitrogens is 2. The van der Waals surface area contributed by atoms with E-state index in [1.54, 1.807) is 10.8 Å². The Hall–Kier alpha value is -2.28. The molecule has 0 bridgehead atoms. The minimum atomic E-state index is -5.63. The van der Waals surface area contributed by atoms with E-state index in [-0.39, 0.29) is 28.6 Å². The van der Waals surface area contributed by atoms with E-state index in [1.807, 2.05) is 20.8 Å². The molecule has 1 N–H and O–H groups in total. The van der Waals surface area contributed by atoms with Crippen LogP contribution in [0.5, 0.6) is 0 Å². The molecule has 8 nitrogen and oxygen atoms in total. The molecule has 13 heteroatoms. The number of anilines is 2. The minimum absolute atomic E-state index is 0.0181. The minimum Gasteiger partial charge on any atom is -0.366 e. The van der Waals surface area contributed by atoms with Gasteiger partial charge in [0.25, 0.3) is 5.13 Å². The second kappa shape index (κ2) is 8.46. The van der Waals surface area contributed by atoms with Gasteiger partial charge in [-0.1, -0.05) is 18.3 Å². The maximum absolute atomic E-state index is 13.1. The average molecular weight is 463 g/mol. The number of rotatable bonds is 6. The fourth-order valence-electron chi connectivity index (χ4n) is 3.56. The van der Waals surface area contributed by atoms with Gasteiger partial charge in [-0.2, -0.15) is 21.6 Å². The summed E-state index contributed by atoms with van der Waals surface area (Å²) in [5.74, 6) is 0. The van der Waals surface area contributed by atoms with Crippen LogP contribution in [-0.4, -0.2) is 36.2 Å². The zero-order chi connectivity index (χ0) is 22.1. The van der Waals surface area contributed by atoms with Gasteiger partial charge < -0.3 is 4.90 Å². The zero-order valence-electron chi connectivity index (χ0n) is 16.5. The lowest BCUT2D eigenvalue weighted by molar-refractivity contribution is -0.0429. The lowest BCUT2D eigenvalue weighted by Crippen LogP contribution is -2.44. The quantitative estimate of drug-likeness (QED) is 0.598. The van der Waals surface area contributed by atoms with Gasteiger partial charge in [-0.3, -0.25) is 4.72 Å². The maximum Gasteiger partial charge on any atom is 0.516 e. The summed E-state index contributed by atoms with van der Waals surface area (Å²) in [6.07, 6.45) is 1.95. The Balaban J connectivity index is 2.15. The van der Waals surface area contributed by atoms with Gasteiger partial charge >= 0.3 is 15.5 Å². The van der Waals surface area contributed by atoms with E-state index in [0.717, 1.165) is 17.8 Å². The number of sulfonamides is 1. The van der Waals surface area contributed by atoms with Gasteiger partial charge in [0.1, 0.15) is 11.2 Å². The van der Waals surface area contributed by atoms with Crippen LogP contribution in [-0.2, 0) is 16.4 Å². The van der Waals surface area contributed by atoms with Crippen molar-refractivity contribution in [2.24, 2.45) is 10.2 Å². The molecule has 1 unspecified atom stereocenters. The van der Waals surface area contributed by atoms with Crippen LogP contribution in [0.3, 0.4) is 0 Å². The molecule has 0 aliphatic carbocycles. The number of fused-ring (bicyclic) bond motifs is 1. The van der Waals surface area contributed by atoms with Gasteiger partial charge in [-0.15, -0.1) is 20.4 Å². The molecule has 30 heavy (non-hydrogen) atoms. The number of azo groups is 1. The fraction of sp³-hybridized carbons (Fsp3) is 0.529. The van der Waals surface area contributed by atoms with Crippen molar-refractivity contribution in [2.75, 3.05) is 9.62 Å². The van der Waals surface area contributed by atoms with Crippen molar-refractivity contribution in [1.29, 1.82) is 0 Å². The third-order valence-electron chi connectivity index (χ3n) is 4.83. The first-order valence-electron chi connectivity index (χ1n) is 9.26. The van der Waals surface area contributed by atoms with Crippen molar-refractivity contribution in [3.05, 3.63) is 23.2 Å². The summed E-state index contributed by atoms with van der Waals surface area (Å²) in [4.78, 5) is 2.11. The van der Waals surface area contributed by atoms with Crippen LogP contribution in [0.25, 0.3) is 0 Å². The van der Waals surface area contributed by atoms with E-state index < -0.39 is 15.5 Å². The number of nitrogens with zero attached hydrogens (tertiary/aromatic N) is 5. The molecule has 1 aliphatic rings. The predicted octanol–water partition coefficient (Wildman–Crippen LogP) is 5.15. The van der Waals surface area contributed by atoms with Crippen molar-refractivity contribution in [1.82, 2.24) is 10.2 Å². The first kappa shape index (κ1) is 22.4. The molecular weight excluding hydrogens is 441 g/mol. The van der Waals surface area contributed by atoms with Crippen LogP contribution < -0.4 is 9.62 Å². The van der Waals surface area contributed by atoms with Gasteiger partial charge in [0.05, 0.1) is 5.69 Å². The molecule has 2 aromatic rings. The third-order valence-corrected chi connectivity index (χ3v) is 6.48. The zero-order valence-corrected chi connectivity index (χ0v) is 18.1. The molecule has 1 aliphatic heterocycles. The number of hydrogen-bond acceptors (Lipinski definition) is 8. The summed E-state index contributed by atoms with van der Waals surface area (Å²) < 4.78 is 64.7. The normalized spacial score (nSPS) is 17.6. The summed E-state index contributed by atoms with van der Waals surface area (Å²) >= 11 is 1.09. The monoisotopic (exact) mass is 462 g/mol. The third kappa shape index (κ3) is 4.41. The predicted molar refractivity (Wildman–Crippen MR) is 109 cm³/mol. The lowest BCUT2D eigenvalue weighted by atomic mass is 9.91. The Morgan fingerprint density at radius 2 is 2.07 bits per heavy atom. The first-order valence-corrected chi connectivity index (χ1v) is 11.6. The lowest BCUT2D eigenvalue weighted by Gasteiger charge is -2.42. The number of hydrogen-bond donors (Lipinski definition) is 1. The van der Waals surface area contributed by atoms with Gasteiger partial charge in [-0.25, -0.2) is 0 Å². The van der Waals surface area contributed by atoms with E-state index in [9.17, 15) is 21.6 Å². The highest BCUT2D eigenvalue weighted by molar-refractivity contribution is 7.93. The van der Waals surface area contributed by atoms with Crippen molar-refractivity contribution < 1.29 is 21.6 Å². The van der Waals surface area contributed by atoms with E-state index in [1.165, 1.54) is 11.6 Å². The molecular formula is C17H21F3N6O2S2. The highest BCUT2D eigenvalue weighted by Gasteiger charge is 2.47. The molecule has 2 heterocycles. The Kier molecular flexibility index (Phi) is 6.32. The molecule has 164 valence electrons. The standard InChI is InChI=1S/C17H21F3N6O2S2/c1-4-11-5-6-12-14(26(11)10(2)3)8-7-13(22-24-16-23-21-9-29-16)15(12)25-30(27,28)17(18,19)20/h7-11,25H,4-6H2,1-3H3. The molecule has 0 radical (unpaired) electrons. The second-order valence-electron chi connectivity index (χ2n) is 7.03. The van der Waals surface area contributed by atoms with Crippen molar-refractivity contribution in [3.63, 3.8) is 0 Å². The summed E-state index contributed by atoms with van der Waals surface area (Å²) in [5, 5.41) is 15.3. The van der Waals surface area contributed by atoms with E-state index in [2.05, 4.69) is 25.3 Å². The number of halogens is 3.